The Morgan fingerprint density at radius 1 is 1.17 bits per heavy atom. The molecule has 1 aliphatic rings. The first-order valence-electron chi connectivity index (χ1n) is 7.86. The van der Waals surface area contributed by atoms with Crippen molar-refractivity contribution < 1.29 is 8.42 Å². The van der Waals surface area contributed by atoms with Gasteiger partial charge in [-0.3, -0.25) is 0 Å². The second-order valence-corrected chi connectivity index (χ2v) is 8.12. The average Bonchev–Trinajstić information content (AvgIpc) is 3.03. The third-order valence-electron chi connectivity index (χ3n) is 4.41. The van der Waals surface area contributed by atoms with E-state index in [1.807, 2.05) is 37.4 Å². The normalized spacial score (nSPS) is 18.8. The van der Waals surface area contributed by atoms with Crippen LogP contribution in [0.15, 0.2) is 47.5 Å². The van der Waals surface area contributed by atoms with Gasteiger partial charge in [-0.25, -0.2) is 8.42 Å². The lowest BCUT2D eigenvalue weighted by Gasteiger charge is -2.33. The molecule has 0 saturated carbocycles. The average molecular weight is 353 g/mol. The summed E-state index contributed by atoms with van der Waals surface area (Å²) < 4.78 is 29.6. The lowest BCUT2D eigenvalue weighted by Crippen LogP contribution is -2.40. The number of rotatable bonds is 5. The quantitative estimate of drug-likeness (QED) is 0.774. The third-order valence-corrected chi connectivity index (χ3v) is 6.67. The molecule has 0 N–H and O–H groups in total. The summed E-state index contributed by atoms with van der Waals surface area (Å²) in [5.74, 6) is 0.616. The van der Waals surface area contributed by atoms with Gasteiger partial charge in [-0.15, -0.1) is 11.6 Å². The van der Waals surface area contributed by atoms with Crippen LogP contribution in [0.3, 0.4) is 0 Å². The number of halogens is 1. The molecule has 3 rings (SSSR count). The number of fused-ring (bicyclic) bond motifs is 1. The van der Waals surface area contributed by atoms with Crippen LogP contribution in [0.4, 0.5) is 0 Å². The molecule has 2 heterocycles. The molecule has 1 aromatic carbocycles. The number of hydrogen-bond donors (Lipinski definition) is 0. The molecule has 6 heteroatoms. The van der Waals surface area contributed by atoms with Crippen molar-refractivity contribution in [3.8, 4) is 0 Å². The number of hydrogen-bond acceptors (Lipinski definition) is 2. The van der Waals surface area contributed by atoms with Gasteiger partial charge in [0.1, 0.15) is 0 Å². The molecular weight excluding hydrogens is 332 g/mol. The molecule has 2 aromatic rings. The van der Waals surface area contributed by atoms with Gasteiger partial charge in [0.15, 0.2) is 0 Å². The van der Waals surface area contributed by atoms with Gasteiger partial charge in [-0.05, 0) is 49.6 Å². The van der Waals surface area contributed by atoms with Crippen molar-refractivity contribution in [2.75, 3.05) is 12.4 Å². The maximum atomic E-state index is 13.0. The molecule has 23 heavy (non-hydrogen) atoms. The maximum absolute atomic E-state index is 13.0. The molecule has 0 amide bonds. The summed E-state index contributed by atoms with van der Waals surface area (Å²) in [6.07, 6.45) is 3.77. The monoisotopic (exact) mass is 352 g/mol. The van der Waals surface area contributed by atoms with Crippen LogP contribution in [0.5, 0.6) is 0 Å². The van der Waals surface area contributed by atoms with Crippen molar-refractivity contribution in [2.45, 2.75) is 37.2 Å². The number of nitrogens with zero attached hydrogens (tertiary/aromatic N) is 2. The number of aryl methyl sites for hydroxylation is 1. The summed E-state index contributed by atoms with van der Waals surface area (Å²) in [6, 6.07) is 11.0. The summed E-state index contributed by atoms with van der Waals surface area (Å²) in [7, 11) is -3.48. The van der Waals surface area contributed by atoms with Gasteiger partial charge in [-0.2, -0.15) is 4.31 Å². The van der Waals surface area contributed by atoms with Crippen molar-refractivity contribution >= 4 is 21.6 Å². The van der Waals surface area contributed by atoms with Gasteiger partial charge in [0.25, 0.3) is 0 Å². The summed E-state index contributed by atoms with van der Waals surface area (Å²) >= 11 is 5.70. The number of sulfonamides is 1. The van der Waals surface area contributed by atoms with E-state index < -0.39 is 10.0 Å². The van der Waals surface area contributed by atoms with Crippen LogP contribution >= 0.6 is 11.6 Å². The molecule has 1 aromatic heterocycles. The molecule has 1 unspecified atom stereocenters. The molecule has 0 radical (unpaired) electrons. The molecule has 0 saturated heterocycles. The molecule has 1 atom stereocenters. The first-order chi connectivity index (χ1) is 11.0. The van der Waals surface area contributed by atoms with E-state index in [1.165, 1.54) is 0 Å². The summed E-state index contributed by atoms with van der Waals surface area (Å²) in [5, 5.41) is 0. The largest absolute Gasteiger partial charge is 0.349 e. The number of benzene rings is 1. The molecular formula is C17H21ClN2O2S. The predicted molar refractivity (Wildman–Crippen MR) is 92.2 cm³/mol. The lowest BCUT2D eigenvalue weighted by atomic mass is 10.1. The topological polar surface area (TPSA) is 42.3 Å². The summed E-state index contributed by atoms with van der Waals surface area (Å²) in [6.45, 7) is 3.14. The van der Waals surface area contributed by atoms with Crippen molar-refractivity contribution in [3.63, 3.8) is 0 Å². The Kier molecular flexibility index (Phi) is 4.80. The minimum Gasteiger partial charge on any atom is -0.349 e. The lowest BCUT2D eigenvalue weighted by molar-refractivity contribution is 0.282. The SMILES string of the molecule is CC1c2cccn2CCN1S(=O)(=O)c1ccc(CCCCl)cc1. The highest BCUT2D eigenvalue weighted by Crippen LogP contribution is 2.31. The fraction of sp³-hybridized carbons (Fsp3) is 0.412. The van der Waals surface area contributed by atoms with Crippen LogP contribution in [0.1, 0.15) is 30.6 Å². The molecule has 0 spiro atoms. The van der Waals surface area contributed by atoms with Crippen LogP contribution in [0.2, 0.25) is 0 Å². The summed E-state index contributed by atoms with van der Waals surface area (Å²) in [5.41, 5.74) is 2.16. The standard InChI is InChI=1S/C17H21ClN2O2S/c1-14-17-5-3-11-19(17)12-13-20(14)23(21,22)16-8-6-15(7-9-16)4-2-10-18/h3,5-9,11,14H,2,4,10,12-13H2,1H3. The first kappa shape index (κ1) is 16.6. The zero-order chi connectivity index (χ0) is 16.4. The zero-order valence-electron chi connectivity index (χ0n) is 13.2. The Morgan fingerprint density at radius 2 is 1.91 bits per heavy atom. The van der Waals surface area contributed by atoms with Gasteiger partial charge in [0, 0.05) is 30.9 Å². The van der Waals surface area contributed by atoms with E-state index in [2.05, 4.69) is 4.57 Å². The molecule has 0 fully saturated rings. The minimum absolute atomic E-state index is 0.153. The van der Waals surface area contributed by atoms with Crippen LogP contribution in [0, 0.1) is 0 Å². The van der Waals surface area contributed by atoms with E-state index in [4.69, 9.17) is 11.6 Å². The third kappa shape index (κ3) is 3.18. The van der Waals surface area contributed by atoms with Crippen molar-refractivity contribution in [3.05, 3.63) is 53.9 Å². The van der Waals surface area contributed by atoms with Crippen molar-refractivity contribution in [1.82, 2.24) is 8.87 Å². The van der Waals surface area contributed by atoms with Crippen LogP contribution in [-0.4, -0.2) is 29.7 Å². The Balaban J connectivity index is 1.84. The van der Waals surface area contributed by atoms with Crippen molar-refractivity contribution in [1.29, 1.82) is 0 Å². The first-order valence-corrected chi connectivity index (χ1v) is 9.83. The van der Waals surface area contributed by atoms with Gasteiger partial charge in [0.2, 0.25) is 10.0 Å². The molecule has 1 aliphatic heterocycles. The van der Waals surface area contributed by atoms with E-state index in [1.54, 1.807) is 16.4 Å². The van der Waals surface area contributed by atoms with E-state index >= 15 is 0 Å². The fourth-order valence-corrected chi connectivity index (χ4v) is 4.85. The highest BCUT2D eigenvalue weighted by molar-refractivity contribution is 7.89. The Hall–Kier alpha value is -1.30. The van der Waals surface area contributed by atoms with Crippen LogP contribution in [0.25, 0.3) is 0 Å². The minimum atomic E-state index is -3.48. The van der Waals surface area contributed by atoms with Crippen molar-refractivity contribution in [2.24, 2.45) is 0 Å². The predicted octanol–water partition coefficient (Wildman–Crippen LogP) is 3.43. The van der Waals surface area contributed by atoms with Gasteiger partial charge >= 0.3 is 0 Å². The Labute approximate surface area is 142 Å². The van der Waals surface area contributed by atoms with Gasteiger partial charge in [0.05, 0.1) is 10.9 Å². The van der Waals surface area contributed by atoms with E-state index in [9.17, 15) is 8.42 Å². The number of aromatic nitrogens is 1. The fourth-order valence-electron chi connectivity index (χ4n) is 3.12. The molecule has 124 valence electrons. The Morgan fingerprint density at radius 3 is 2.61 bits per heavy atom. The van der Waals surface area contributed by atoms with Crippen LogP contribution < -0.4 is 0 Å². The number of alkyl halides is 1. The highest BCUT2D eigenvalue weighted by atomic mass is 35.5. The van der Waals surface area contributed by atoms with E-state index in [0.29, 0.717) is 23.9 Å². The Bertz CT molecular complexity index is 768. The smallest absolute Gasteiger partial charge is 0.243 e. The van der Waals surface area contributed by atoms with Crippen LogP contribution in [-0.2, 0) is 23.0 Å². The molecule has 0 bridgehead atoms. The second kappa shape index (κ2) is 6.67. The summed E-state index contributed by atoms with van der Waals surface area (Å²) in [4.78, 5) is 0.360. The second-order valence-electron chi connectivity index (χ2n) is 5.85. The maximum Gasteiger partial charge on any atom is 0.243 e. The van der Waals surface area contributed by atoms with E-state index in [0.717, 1.165) is 24.1 Å². The van der Waals surface area contributed by atoms with Gasteiger partial charge in [-0.1, -0.05) is 12.1 Å². The van der Waals surface area contributed by atoms with Gasteiger partial charge < -0.3 is 4.57 Å². The highest BCUT2D eigenvalue weighted by Gasteiger charge is 2.33. The zero-order valence-corrected chi connectivity index (χ0v) is 14.7. The molecule has 0 aliphatic carbocycles. The van der Waals surface area contributed by atoms with E-state index in [-0.39, 0.29) is 6.04 Å². The molecule has 4 nitrogen and oxygen atoms in total.